The molecule has 2 aromatic rings. The van der Waals surface area contributed by atoms with Gasteiger partial charge in [0.15, 0.2) is 5.76 Å². The summed E-state index contributed by atoms with van der Waals surface area (Å²) in [6, 6.07) is 0. The van der Waals surface area contributed by atoms with E-state index in [0.29, 0.717) is 0 Å². The minimum Gasteiger partial charge on any atom is -0.396 e. The lowest BCUT2D eigenvalue weighted by Crippen LogP contribution is -2.35. The average Bonchev–Trinajstić information content (AvgIpc) is 2.53. The molecule has 0 bridgehead atoms. The highest BCUT2D eigenvalue weighted by Gasteiger charge is 2.10. The lowest BCUT2D eigenvalue weighted by Gasteiger charge is -2.00. The van der Waals surface area contributed by atoms with Gasteiger partial charge in [-0.3, -0.25) is 9.59 Å². The van der Waals surface area contributed by atoms with Gasteiger partial charge >= 0.3 is 16.9 Å². The second-order valence-corrected chi connectivity index (χ2v) is 3.16. The van der Waals surface area contributed by atoms with E-state index in [2.05, 4.69) is 9.40 Å². The number of nitrogens with zero attached hydrogens (tertiary/aromatic N) is 1. The van der Waals surface area contributed by atoms with Crippen LogP contribution in [0.25, 0.3) is 0 Å². The van der Waals surface area contributed by atoms with E-state index in [1.165, 1.54) is 12.4 Å². The molecule has 0 aromatic carbocycles. The third-order valence-corrected chi connectivity index (χ3v) is 2.07. The molecule has 0 atom stereocenters. The Morgan fingerprint density at radius 3 is 2.69 bits per heavy atom. The fourth-order valence-corrected chi connectivity index (χ4v) is 1.26. The summed E-state index contributed by atoms with van der Waals surface area (Å²) in [4.78, 5) is 35.4. The number of aromatic amines is 1. The molecular formula is C9H8N2O5. The van der Waals surface area contributed by atoms with E-state index in [0.717, 1.165) is 4.57 Å². The number of aryl methyl sites for hydroxylation is 1. The van der Waals surface area contributed by atoms with Crippen LogP contribution in [-0.2, 0) is 6.54 Å². The predicted octanol–water partition coefficient (Wildman–Crippen LogP) is -0.560. The van der Waals surface area contributed by atoms with Gasteiger partial charge in [-0.1, -0.05) is 0 Å². The van der Waals surface area contributed by atoms with Crippen molar-refractivity contribution in [2.75, 3.05) is 0 Å². The van der Waals surface area contributed by atoms with E-state index in [-0.39, 0.29) is 18.1 Å². The standard InChI is InChI=1S/C9H8N2O5/c1-5-6(16-9(14)15-5)4-11-3-2-10-7(12)8(11)13/h2-3H,4H2,1H3,(H,10,12). The number of hydrogen-bond donors (Lipinski definition) is 1. The molecule has 84 valence electrons. The van der Waals surface area contributed by atoms with Gasteiger partial charge in [0.1, 0.15) is 5.76 Å². The summed E-state index contributed by atoms with van der Waals surface area (Å²) in [7, 11) is 0. The number of aromatic nitrogens is 2. The summed E-state index contributed by atoms with van der Waals surface area (Å²) in [6.45, 7) is 1.53. The third-order valence-electron chi connectivity index (χ3n) is 2.07. The Labute approximate surface area is 88.0 Å². The van der Waals surface area contributed by atoms with Gasteiger partial charge < -0.3 is 18.4 Å². The zero-order valence-electron chi connectivity index (χ0n) is 8.35. The summed E-state index contributed by atoms with van der Waals surface area (Å²) < 4.78 is 10.5. The van der Waals surface area contributed by atoms with Gasteiger partial charge in [0.25, 0.3) is 0 Å². The molecule has 0 aliphatic heterocycles. The first-order valence-corrected chi connectivity index (χ1v) is 4.45. The van der Waals surface area contributed by atoms with Crippen LogP contribution in [0, 0.1) is 6.92 Å². The lowest BCUT2D eigenvalue weighted by molar-refractivity contribution is 0.366. The normalized spacial score (nSPS) is 10.6. The maximum Gasteiger partial charge on any atom is 0.519 e. The SMILES string of the molecule is Cc1oc(=O)oc1Cn1cc[nH]c(=O)c1=O. The highest BCUT2D eigenvalue weighted by atomic mass is 16.6. The Morgan fingerprint density at radius 1 is 1.31 bits per heavy atom. The van der Waals surface area contributed by atoms with Crippen LogP contribution in [0.15, 0.2) is 35.6 Å². The van der Waals surface area contributed by atoms with Gasteiger partial charge in [0.2, 0.25) is 0 Å². The summed E-state index contributed by atoms with van der Waals surface area (Å²) in [5.41, 5.74) is -1.45. The van der Waals surface area contributed by atoms with Crippen molar-refractivity contribution >= 4 is 0 Å². The number of hydrogen-bond acceptors (Lipinski definition) is 5. The molecule has 0 fully saturated rings. The van der Waals surface area contributed by atoms with Crippen molar-refractivity contribution in [3.05, 3.63) is 55.2 Å². The molecule has 0 amide bonds. The smallest absolute Gasteiger partial charge is 0.396 e. The zero-order valence-corrected chi connectivity index (χ0v) is 8.35. The number of rotatable bonds is 2. The quantitative estimate of drug-likeness (QED) is 0.689. The highest BCUT2D eigenvalue weighted by Crippen LogP contribution is 2.05. The van der Waals surface area contributed by atoms with E-state index in [1.807, 2.05) is 0 Å². The van der Waals surface area contributed by atoms with Gasteiger partial charge in [-0.15, -0.1) is 0 Å². The third kappa shape index (κ3) is 1.74. The molecule has 2 heterocycles. The summed E-state index contributed by atoms with van der Waals surface area (Å²) in [6.07, 6.45) is 2.72. The van der Waals surface area contributed by atoms with Crippen molar-refractivity contribution < 1.29 is 8.83 Å². The van der Waals surface area contributed by atoms with Crippen LogP contribution in [0.4, 0.5) is 0 Å². The Balaban J connectivity index is 2.45. The first-order chi connectivity index (χ1) is 7.58. The Morgan fingerprint density at radius 2 is 2.06 bits per heavy atom. The fourth-order valence-electron chi connectivity index (χ4n) is 1.26. The molecule has 0 unspecified atom stereocenters. The molecule has 1 N–H and O–H groups in total. The molecule has 0 saturated heterocycles. The minimum atomic E-state index is -0.828. The van der Waals surface area contributed by atoms with Crippen LogP contribution >= 0.6 is 0 Å². The summed E-state index contributed by atoms with van der Waals surface area (Å²) >= 11 is 0. The molecule has 0 spiro atoms. The van der Waals surface area contributed by atoms with Crippen LogP contribution in [0.3, 0.4) is 0 Å². The summed E-state index contributed by atoms with van der Waals surface area (Å²) in [5, 5.41) is 0. The molecular weight excluding hydrogens is 216 g/mol. The molecule has 7 nitrogen and oxygen atoms in total. The van der Waals surface area contributed by atoms with Crippen molar-refractivity contribution in [2.24, 2.45) is 0 Å². The van der Waals surface area contributed by atoms with Gasteiger partial charge in [-0.2, -0.15) is 0 Å². The van der Waals surface area contributed by atoms with E-state index >= 15 is 0 Å². The van der Waals surface area contributed by atoms with Crippen LogP contribution in [-0.4, -0.2) is 9.55 Å². The second-order valence-electron chi connectivity index (χ2n) is 3.16. The molecule has 7 heteroatoms. The topological polar surface area (TPSA) is 98.2 Å². The molecule has 16 heavy (non-hydrogen) atoms. The molecule has 2 aromatic heterocycles. The van der Waals surface area contributed by atoms with Gasteiger partial charge in [-0.05, 0) is 6.92 Å². The van der Waals surface area contributed by atoms with Crippen molar-refractivity contribution in [1.29, 1.82) is 0 Å². The molecule has 0 aliphatic rings. The van der Waals surface area contributed by atoms with Gasteiger partial charge in [-0.25, -0.2) is 4.79 Å². The van der Waals surface area contributed by atoms with E-state index in [9.17, 15) is 14.4 Å². The first-order valence-electron chi connectivity index (χ1n) is 4.45. The molecule has 0 saturated carbocycles. The van der Waals surface area contributed by atoms with E-state index in [1.54, 1.807) is 6.92 Å². The average molecular weight is 224 g/mol. The van der Waals surface area contributed by atoms with E-state index < -0.39 is 16.9 Å². The fraction of sp³-hybridized carbons (Fsp3) is 0.222. The van der Waals surface area contributed by atoms with Gasteiger partial charge in [0, 0.05) is 12.4 Å². The van der Waals surface area contributed by atoms with Gasteiger partial charge in [0.05, 0.1) is 6.54 Å². The largest absolute Gasteiger partial charge is 0.519 e. The number of nitrogens with one attached hydrogen (secondary N) is 1. The van der Waals surface area contributed by atoms with Crippen molar-refractivity contribution in [3.63, 3.8) is 0 Å². The molecule has 0 radical (unpaired) electrons. The lowest BCUT2D eigenvalue weighted by atomic mass is 10.4. The van der Waals surface area contributed by atoms with Crippen molar-refractivity contribution in [1.82, 2.24) is 9.55 Å². The molecule has 0 aliphatic carbocycles. The van der Waals surface area contributed by atoms with Crippen LogP contribution in [0.5, 0.6) is 0 Å². The molecule has 2 rings (SSSR count). The van der Waals surface area contributed by atoms with Crippen LogP contribution in [0.2, 0.25) is 0 Å². The maximum atomic E-state index is 11.4. The second kappa shape index (κ2) is 3.69. The monoisotopic (exact) mass is 224 g/mol. The van der Waals surface area contributed by atoms with Crippen LogP contribution < -0.4 is 16.9 Å². The summed E-state index contributed by atoms with van der Waals surface area (Å²) in [5.74, 6) is -0.319. The highest BCUT2D eigenvalue weighted by molar-refractivity contribution is 5.01. The predicted molar refractivity (Wildman–Crippen MR) is 52.4 cm³/mol. The number of H-pyrrole nitrogens is 1. The van der Waals surface area contributed by atoms with Crippen LogP contribution in [0.1, 0.15) is 11.5 Å². The van der Waals surface area contributed by atoms with Crippen molar-refractivity contribution in [3.8, 4) is 0 Å². The van der Waals surface area contributed by atoms with E-state index in [4.69, 9.17) is 4.42 Å². The first kappa shape index (κ1) is 10.2. The minimum absolute atomic E-state index is 0.0136. The zero-order chi connectivity index (χ0) is 11.7. The Hall–Kier alpha value is -2.31. The van der Waals surface area contributed by atoms with Crippen molar-refractivity contribution in [2.45, 2.75) is 13.5 Å². The maximum absolute atomic E-state index is 11.4. The Kier molecular flexibility index (Phi) is 2.35. The Bertz CT molecular complexity index is 672.